The Morgan fingerprint density at radius 3 is 2.33 bits per heavy atom. The van der Waals surface area contributed by atoms with Crippen LogP contribution in [0.5, 0.6) is 0 Å². The molecular formula is C7H12O2. The number of aliphatic hydroxyl groups is 1. The van der Waals surface area contributed by atoms with E-state index in [1.807, 2.05) is 0 Å². The number of hydrogen-bond acceptors (Lipinski definition) is 2. The van der Waals surface area contributed by atoms with Crippen molar-refractivity contribution in [1.29, 1.82) is 0 Å². The predicted molar refractivity (Wildman–Crippen MR) is 35.2 cm³/mol. The summed E-state index contributed by atoms with van der Waals surface area (Å²) >= 11 is 0. The Labute approximate surface area is 55.1 Å². The minimum Gasteiger partial charge on any atom is -0.386 e. The fourth-order valence-electron chi connectivity index (χ4n) is 0.929. The van der Waals surface area contributed by atoms with Gasteiger partial charge < -0.3 is 9.84 Å². The molecule has 1 rings (SSSR count). The number of ether oxygens (including phenoxy) is 1. The second kappa shape index (κ2) is 2.50. The second-order valence-electron chi connectivity index (χ2n) is 2.42. The van der Waals surface area contributed by atoms with Crippen LogP contribution in [-0.2, 0) is 4.74 Å². The molecule has 2 nitrogen and oxygen atoms in total. The largest absolute Gasteiger partial charge is 0.386 e. The van der Waals surface area contributed by atoms with E-state index in [9.17, 15) is 5.11 Å². The summed E-state index contributed by atoms with van der Waals surface area (Å²) in [5, 5.41) is 9.48. The molecule has 0 radical (unpaired) electrons. The van der Waals surface area contributed by atoms with Crippen molar-refractivity contribution in [2.24, 2.45) is 0 Å². The molecule has 0 aliphatic carbocycles. The van der Waals surface area contributed by atoms with Crippen molar-refractivity contribution in [3.8, 4) is 0 Å². The zero-order chi connectivity index (χ0) is 6.74. The highest BCUT2D eigenvalue weighted by Crippen LogP contribution is 2.20. The Balaban J connectivity index is 2.46. The van der Waals surface area contributed by atoms with Crippen molar-refractivity contribution in [2.45, 2.75) is 18.4 Å². The minimum atomic E-state index is -0.641. The van der Waals surface area contributed by atoms with Gasteiger partial charge in [0.15, 0.2) is 0 Å². The van der Waals surface area contributed by atoms with E-state index in [2.05, 4.69) is 6.58 Å². The molecule has 1 aliphatic heterocycles. The maximum atomic E-state index is 9.48. The van der Waals surface area contributed by atoms with E-state index in [1.165, 1.54) is 0 Å². The zero-order valence-electron chi connectivity index (χ0n) is 5.47. The summed E-state index contributed by atoms with van der Waals surface area (Å²) in [7, 11) is 0. The molecule has 1 heterocycles. The normalized spacial score (nSPS) is 25.4. The molecule has 1 aliphatic rings. The van der Waals surface area contributed by atoms with Gasteiger partial charge in [0.25, 0.3) is 0 Å². The smallest absolute Gasteiger partial charge is 0.0868 e. The zero-order valence-corrected chi connectivity index (χ0v) is 5.47. The maximum absolute atomic E-state index is 9.48. The van der Waals surface area contributed by atoms with Crippen LogP contribution in [0.25, 0.3) is 0 Å². The first-order valence-corrected chi connectivity index (χ1v) is 3.20. The lowest BCUT2D eigenvalue weighted by molar-refractivity contribution is -0.0319. The van der Waals surface area contributed by atoms with Gasteiger partial charge in [-0.3, -0.25) is 0 Å². The molecule has 0 aromatic heterocycles. The molecule has 2 heteroatoms. The fraction of sp³-hybridized carbons (Fsp3) is 0.714. The Morgan fingerprint density at radius 1 is 1.44 bits per heavy atom. The van der Waals surface area contributed by atoms with E-state index in [-0.39, 0.29) is 0 Å². The number of rotatable bonds is 1. The summed E-state index contributed by atoms with van der Waals surface area (Å²) < 4.78 is 5.06. The SMILES string of the molecule is C=CC1(O)CCOCC1. The van der Waals surface area contributed by atoms with Gasteiger partial charge in [-0.1, -0.05) is 6.08 Å². The van der Waals surface area contributed by atoms with Crippen LogP contribution in [0.2, 0.25) is 0 Å². The molecule has 0 aromatic carbocycles. The van der Waals surface area contributed by atoms with Crippen LogP contribution in [-0.4, -0.2) is 23.9 Å². The quantitative estimate of drug-likeness (QED) is 0.527. The molecule has 0 amide bonds. The molecule has 0 atom stereocenters. The lowest BCUT2D eigenvalue weighted by Gasteiger charge is -2.28. The highest BCUT2D eigenvalue weighted by Gasteiger charge is 2.25. The standard InChI is InChI=1S/C7H12O2/c1-2-7(8)3-5-9-6-4-7/h2,8H,1,3-6H2. The third-order valence-corrected chi connectivity index (χ3v) is 1.74. The first-order valence-electron chi connectivity index (χ1n) is 3.20. The molecule has 0 bridgehead atoms. The molecule has 0 aromatic rings. The molecule has 9 heavy (non-hydrogen) atoms. The molecule has 1 N–H and O–H groups in total. The summed E-state index contributed by atoms with van der Waals surface area (Å²) in [4.78, 5) is 0. The monoisotopic (exact) mass is 128 g/mol. The average Bonchev–Trinajstić information content (AvgIpc) is 1.90. The van der Waals surface area contributed by atoms with Crippen molar-refractivity contribution >= 4 is 0 Å². The summed E-state index contributed by atoms with van der Waals surface area (Å²) in [6, 6.07) is 0. The van der Waals surface area contributed by atoms with Gasteiger partial charge in [-0.2, -0.15) is 0 Å². The Kier molecular flexibility index (Phi) is 1.88. The summed E-state index contributed by atoms with van der Waals surface area (Å²) in [6.07, 6.45) is 2.99. The number of hydrogen-bond donors (Lipinski definition) is 1. The van der Waals surface area contributed by atoms with Gasteiger partial charge >= 0.3 is 0 Å². The second-order valence-corrected chi connectivity index (χ2v) is 2.42. The topological polar surface area (TPSA) is 29.5 Å². The highest BCUT2D eigenvalue weighted by molar-refractivity contribution is 4.96. The van der Waals surface area contributed by atoms with Gasteiger partial charge in [0.05, 0.1) is 5.60 Å². The third-order valence-electron chi connectivity index (χ3n) is 1.74. The minimum absolute atomic E-state index is 0.641. The van der Waals surface area contributed by atoms with E-state index in [1.54, 1.807) is 6.08 Å². The molecule has 0 saturated carbocycles. The first kappa shape index (κ1) is 6.78. The van der Waals surface area contributed by atoms with Gasteiger partial charge in [0, 0.05) is 26.1 Å². The van der Waals surface area contributed by atoms with Crippen molar-refractivity contribution < 1.29 is 9.84 Å². The van der Waals surface area contributed by atoms with Gasteiger partial charge in [-0.05, 0) is 0 Å². The molecule has 1 fully saturated rings. The van der Waals surface area contributed by atoms with E-state index < -0.39 is 5.60 Å². The van der Waals surface area contributed by atoms with Crippen LogP contribution >= 0.6 is 0 Å². The van der Waals surface area contributed by atoms with Crippen LogP contribution in [0.4, 0.5) is 0 Å². The van der Waals surface area contributed by atoms with E-state index >= 15 is 0 Å². The van der Waals surface area contributed by atoms with Crippen molar-refractivity contribution in [1.82, 2.24) is 0 Å². The summed E-state index contributed by atoms with van der Waals surface area (Å²) in [5.74, 6) is 0. The lowest BCUT2D eigenvalue weighted by Crippen LogP contribution is -2.33. The molecular weight excluding hydrogens is 116 g/mol. The molecule has 1 saturated heterocycles. The maximum Gasteiger partial charge on any atom is 0.0868 e. The highest BCUT2D eigenvalue weighted by atomic mass is 16.5. The lowest BCUT2D eigenvalue weighted by atomic mass is 9.95. The van der Waals surface area contributed by atoms with Gasteiger partial charge in [-0.25, -0.2) is 0 Å². The van der Waals surface area contributed by atoms with Crippen molar-refractivity contribution in [2.75, 3.05) is 13.2 Å². The fourth-order valence-corrected chi connectivity index (χ4v) is 0.929. The Hall–Kier alpha value is -0.340. The summed E-state index contributed by atoms with van der Waals surface area (Å²) in [5.41, 5.74) is -0.641. The van der Waals surface area contributed by atoms with Crippen LogP contribution in [0.15, 0.2) is 12.7 Å². The van der Waals surface area contributed by atoms with Gasteiger partial charge in [0.2, 0.25) is 0 Å². The van der Waals surface area contributed by atoms with E-state index in [4.69, 9.17) is 4.74 Å². The van der Waals surface area contributed by atoms with Gasteiger partial charge in [0.1, 0.15) is 0 Å². The van der Waals surface area contributed by atoms with Crippen molar-refractivity contribution in [3.63, 3.8) is 0 Å². The first-order chi connectivity index (χ1) is 4.27. The Bertz CT molecular complexity index is 103. The van der Waals surface area contributed by atoms with Crippen LogP contribution in [0.3, 0.4) is 0 Å². The average molecular weight is 128 g/mol. The molecule has 0 unspecified atom stereocenters. The van der Waals surface area contributed by atoms with Crippen LogP contribution < -0.4 is 0 Å². The summed E-state index contributed by atoms with van der Waals surface area (Å²) in [6.45, 7) is 4.86. The molecule has 0 spiro atoms. The van der Waals surface area contributed by atoms with Gasteiger partial charge in [-0.15, -0.1) is 6.58 Å². The van der Waals surface area contributed by atoms with E-state index in [0.29, 0.717) is 26.1 Å². The van der Waals surface area contributed by atoms with E-state index in [0.717, 1.165) is 0 Å². The molecule has 52 valence electrons. The van der Waals surface area contributed by atoms with Crippen molar-refractivity contribution in [3.05, 3.63) is 12.7 Å². The predicted octanol–water partition coefficient (Wildman–Crippen LogP) is 0.714. The van der Waals surface area contributed by atoms with Crippen LogP contribution in [0, 0.1) is 0 Å². The Morgan fingerprint density at radius 2 is 2.00 bits per heavy atom. The third kappa shape index (κ3) is 1.53. The van der Waals surface area contributed by atoms with Crippen LogP contribution in [0.1, 0.15) is 12.8 Å².